The largest absolute Gasteiger partial charge is 0.375 e. The molecule has 4 nitrogen and oxygen atoms in total. The van der Waals surface area contributed by atoms with Crippen LogP contribution >= 0.6 is 0 Å². The Hall–Kier alpha value is -0.740. The van der Waals surface area contributed by atoms with Gasteiger partial charge in [-0.2, -0.15) is 0 Å². The molecule has 170 valence electrons. The predicted molar refractivity (Wildman–Crippen MR) is 119 cm³/mol. The average Bonchev–Trinajstić information content (AvgIpc) is 2.62. The van der Waals surface area contributed by atoms with Gasteiger partial charge in [0.1, 0.15) is 11.6 Å². The van der Waals surface area contributed by atoms with Crippen molar-refractivity contribution in [1.29, 1.82) is 0 Å². The third kappa shape index (κ3) is 13.2. The fourth-order valence-electron chi connectivity index (χ4n) is 4.29. The van der Waals surface area contributed by atoms with Crippen LogP contribution in [0.5, 0.6) is 0 Å². The highest BCUT2D eigenvalue weighted by atomic mass is 16.5. The van der Waals surface area contributed by atoms with Crippen molar-refractivity contribution in [1.82, 2.24) is 0 Å². The zero-order chi connectivity index (χ0) is 21.6. The van der Waals surface area contributed by atoms with E-state index in [2.05, 4.69) is 20.8 Å². The van der Waals surface area contributed by atoms with Crippen LogP contribution < -0.4 is 0 Å². The minimum Gasteiger partial charge on any atom is -0.375 e. The molecule has 0 N–H and O–H groups in total. The summed E-state index contributed by atoms with van der Waals surface area (Å²) in [6.07, 6.45) is 12.2. The van der Waals surface area contributed by atoms with Crippen LogP contribution in [0.4, 0.5) is 0 Å². The summed E-state index contributed by atoms with van der Waals surface area (Å²) >= 11 is 0. The second kappa shape index (κ2) is 15.1. The first-order chi connectivity index (χ1) is 13.8. The highest BCUT2D eigenvalue weighted by molar-refractivity contribution is 5.75. The number of ether oxygens (including phenoxy) is 2. The number of ketones is 2. The summed E-state index contributed by atoms with van der Waals surface area (Å²) in [4.78, 5) is 22.4. The highest BCUT2D eigenvalue weighted by Crippen LogP contribution is 2.33. The van der Waals surface area contributed by atoms with E-state index < -0.39 is 0 Å². The summed E-state index contributed by atoms with van der Waals surface area (Å²) in [7, 11) is 0. The molecule has 1 fully saturated rings. The summed E-state index contributed by atoms with van der Waals surface area (Å²) in [5.41, 5.74) is 0. The Morgan fingerprint density at radius 2 is 1.41 bits per heavy atom. The van der Waals surface area contributed by atoms with Crippen LogP contribution in [0.25, 0.3) is 0 Å². The molecular formula is C25H46O4. The van der Waals surface area contributed by atoms with Gasteiger partial charge in [0.25, 0.3) is 0 Å². The number of carbonyl (C=O) groups is 2. The molecule has 0 spiro atoms. The van der Waals surface area contributed by atoms with E-state index in [1.165, 1.54) is 44.9 Å². The number of rotatable bonds is 16. The minimum absolute atomic E-state index is 0.0588. The molecule has 0 aromatic heterocycles. The molecule has 0 radical (unpaired) electrons. The third-order valence-corrected chi connectivity index (χ3v) is 6.20. The number of Topliss-reactive ketones (excluding diaryl/α,β-unsaturated/α-hetero) is 2. The molecule has 4 unspecified atom stereocenters. The van der Waals surface area contributed by atoms with Gasteiger partial charge in [-0.15, -0.1) is 0 Å². The predicted octanol–water partition coefficient (Wildman–Crippen LogP) is 6.15. The lowest BCUT2D eigenvalue weighted by Crippen LogP contribution is -2.38. The van der Waals surface area contributed by atoms with E-state index in [1.807, 2.05) is 0 Å². The van der Waals surface area contributed by atoms with E-state index in [0.29, 0.717) is 32.0 Å². The van der Waals surface area contributed by atoms with E-state index in [-0.39, 0.29) is 23.8 Å². The lowest BCUT2D eigenvalue weighted by atomic mass is 9.81. The molecule has 0 heterocycles. The van der Waals surface area contributed by atoms with Crippen LogP contribution in [0.1, 0.15) is 105 Å². The Morgan fingerprint density at radius 1 is 0.828 bits per heavy atom. The van der Waals surface area contributed by atoms with Crippen LogP contribution in [-0.2, 0) is 19.1 Å². The van der Waals surface area contributed by atoms with Gasteiger partial charge < -0.3 is 9.47 Å². The smallest absolute Gasteiger partial charge is 0.132 e. The van der Waals surface area contributed by atoms with E-state index in [1.54, 1.807) is 13.8 Å². The molecule has 1 saturated carbocycles. The van der Waals surface area contributed by atoms with E-state index in [0.717, 1.165) is 24.7 Å². The maximum absolute atomic E-state index is 11.2. The average molecular weight is 411 g/mol. The first-order valence-electron chi connectivity index (χ1n) is 12.0. The molecular weight excluding hydrogens is 364 g/mol. The summed E-state index contributed by atoms with van der Waals surface area (Å²) in [5.74, 6) is 2.65. The lowest BCUT2D eigenvalue weighted by molar-refractivity contribution is -0.127. The third-order valence-electron chi connectivity index (χ3n) is 6.20. The van der Waals surface area contributed by atoms with Gasteiger partial charge in [-0.05, 0) is 50.9 Å². The quantitative estimate of drug-likeness (QED) is 0.306. The van der Waals surface area contributed by atoms with Crippen molar-refractivity contribution in [2.75, 3.05) is 13.2 Å². The van der Waals surface area contributed by atoms with Crippen LogP contribution in [0, 0.1) is 17.8 Å². The van der Waals surface area contributed by atoms with Crippen molar-refractivity contribution in [2.24, 2.45) is 17.8 Å². The van der Waals surface area contributed by atoms with Gasteiger partial charge in [-0.1, -0.05) is 59.3 Å². The number of hydrogen-bond donors (Lipinski definition) is 0. The zero-order valence-electron chi connectivity index (χ0n) is 19.7. The normalized spacial score (nSPS) is 23.3. The standard InChI is InChI=1S/C25H46O4/c1-19(2)8-6-9-20(3)10-7-11-23-12-13-24(28-16-14-21(4)26)25(18-23)29-17-15-22(5)27/h19-20,23-25H,6-18H2,1-5H3. The van der Waals surface area contributed by atoms with Crippen molar-refractivity contribution < 1.29 is 19.1 Å². The maximum Gasteiger partial charge on any atom is 0.132 e. The van der Waals surface area contributed by atoms with Gasteiger partial charge in [-0.3, -0.25) is 9.59 Å². The fraction of sp³-hybridized carbons (Fsp3) is 0.920. The first-order valence-corrected chi connectivity index (χ1v) is 12.0. The minimum atomic E-state index is 0.0588. The van der Waals surface area contributed by atoms with Gasteiger partial charge in [0.05, 0.1) is 25.4 Å². The fourth-order valence-corrected chi connectivity index (χ4v) is 4.29. The van der Waals surface area contributed by atoms with Crippen LogP contribution in [0.15, 0.2) is 0 Å². The molecule has 0 aliphatic heterocycles. The van der Waals surface area contributed by atoms with E-state index >= 15 is 0 Å². The second-order valence-electron chi connectivity index (χ2n) is 9.76. The summed E-state index contributed by atoms with van der Waals surface area (Å²) in [5, 5.41) is 0. The summed E-state index contributed by atoms with van der Waals surface area (Å²) in [6.45, 7) is 11.2. The zero-order valence-corrected chi connectivity index (χ0v) is 19.7. The summed E-state index contributed by atoms with van der Waals surface area (Å²) in [6, 6.07) is 0. The van der Waals surface area contributed by atoms with Gasteiger partial charge in [0, 0.05) is 12.8 Å². The Balaban J connectivity index is 2.37. The number of hydrogen-bond acceptors (Lipinski definition) is 4. The van der Waals surface area contributed by atoms with Crippen molar-refractivity contribution in [2.45, 2.75) is 117 Å². The van der Waals surface area contributed by atoms with E-state index in [4.69, 9.17) is 9.47 Å². The Kier molecular flexibility index (Phi) is 13.7. The lowest BCUT2D eigenvalue weighted by Gasteiger charge is -2.36. The SMILES string of the molecule is CC(=O)CCOC1CCC(CCCC(C)CCCC(C)C)CC1OCCC(C)=O. The van der Waals surface area contributed by atoms with Gasteiger partial charge in [-0.25, -0.2) is 0 Å². The maximum atomic E-state index is 11.2. The number of carbonyl (C=O) groups excluding carboxylic acids is 2. The van der Waals surface area contributed by atoms with Crippen LogP contribution in [-0.4, -0.2) is 37.0 Å². The molecule has 1 rings (SSSR count). The van der Waals surface area contributed by atoms with Gasteiger partial charge in [0.2, 0.25) is 0 Å². The Morgan fingerprint density at radius 3 is 2.00 bits per heavy atom. The molecule has 0 aromatic carbocycles. The first kappa shape index (κ1) is 26.3. The van der Waals surface area contributed by atoms with Crippen molar-refractivity contribution in [3.63, 3.8) is 0 Å². The molecule has 29 heavy (non-hydrogen) atoms. The monoisotopic (exact) mass is 410 g/mol. The van der Waals surface area contributed by atoms with E-state index in [9.17, 15) is 9.59 Å². The molecule has 1 aliphatic rings. The van der Waals surface area contributed by atoms with Crippen molar-refractivity contribution >= 4 is 11.6 Å². The molecule has 4 heteroatoms. The highest BCUT2D eigenvalue weighted by Gasteiger charge is 2.31. The van der Waals surface area contributed by atoms with Crippen molar-refractivity contribution in [3.8, 4) is 0 Å². The summed E-state index contributed by atoms with van der Waals surface area (Å²) < 4.78 is 12.1. The Labute approximate surface area is 179 Å². The second-order valence-corrected chi connectivity index (χ2v) is 9.76. The molecule has 0 aromatic rings. The molecule has 1 aliphatic carbocycles. The molecule has 0 amide bonds. The topological polar surface area (TPSA) is 52.6 Å². The van der Waals surface area contributed by atoms with Gasteiger partial charge in [0.15, 0.2) is 0 Å². The molecule has 0 saturated heterocycles. The molecule has 4 atom stereocenters. The van der Waals surface area contributed by atoms with Crippen LogP contribution in [0.2, 0.25) is 0 Å². The van der Waals surface area contributed by atoms with Crippen molar-refractivity contribution in [3.05, 3.63) is 0 Å². The Bertz CT molecular complexity index is 460. The van der Waals surface area contributed by atoms with Crippen LogP contribution in [0.3, 0.4) is 0 Å². The van der Waals surface area contributed by atoms with Gasteiger partial charge >= 0.3 is 0 Å². The molecule has 0 bridgehead atoms.